The first-order valence-electron chi connectivity index (χ1n) is 8.64. The molecule has 0 saturated carbocycles. The Morgan fingerprint density at radius 3 is 2.61 bits per heavy atom. The van der Waals surface area contributed by atoms with Crippen molar-refractivity contribution in [3.05, 3.63) is 59.4 Å². The molecule has 1 amide bonds. The zero-order valence-electron chi connectivity index (χ0n) is 16.0. The summed E-state index contributed by atoms with van der Waals surface area (Å²) in [7, 11) is 1.53. The summed E-state index contributed by atoms with van der Waals surface area (Å²) >= 11 is 0. The smallest absolute Gasteiger partial charge is 0.331 e. The number of anilines is 1. The topological polar surface area (TPSA) is 73.9 Å². The van der Waals surface area contributed by atoms with E-state index >= 15 is 0 Å². The van der Waals surface area contributed by atoms with Crippen LogP contribution < -0.4 is 14.8 Å². The summed E-state index contributed by atoms with van der Waals surface area (Å²) in [5.74, 6) is -0.523. The third-order valence-electron chi connectivity index (χ3n) is 3.70. The van der Waals surface area contributed by atoms with Crippen molar-refractivity contribution < 1.29 is 28.2 Å². The molecule has 0 aliphatic carbocycles. The molecule has 148 valence electrons. The molecule has 0 saturated heterocycles. The third-order valence-corrected chi connectivity index (χ3v) is 3.70. The van der Waals surface area contributed by atoms with E-state index in [-0.39, 0.29) is 0 Å². The lowest BCUT2D eigenvalue weighted by atomic mass is 10.2. The van der Waals surface area contributed by atoms with E-state index in [1.54, 1.807) is 37.3 Å². The van der Waals surface area contributed by atoms with Gasteiger partial charge in [-0.3, -0.25) is 4.79 Å². The van der Waals surface area contributed by atoms with Crippen molar-refractivity contribution in [1.29, 1.82) is 0 Å². The fourth-order valence-electron chi connectivity index (χ4n) is 2.28. The van der Waals surface area contributed by atoms with Gasteiger partial charge in [-0.15, -0.1) is 0 Å². The van der Waals surface area contributed by atoms with Gasteiger partial charge in [-0.25, -0.2) is 9.18 Å². The van der Waals surface area contributed by atoms with Crippen LogP contribution in [0.25, 0.3) is 6.08 Å². The summed E-state index contributed by atoms with van der Waals surface area (Å²) in [6, 6.07) is 9.53. The van der Waals surface area contributed by atoms with E-state index in [1.807, 2.05) is 6.92 Å². The van der Waals surface area contributed by atoms with Crippen LogP contribution in [0.15, 0.2) is 42.5 Å². The molecule has 0 aromatic heterocycles. The van der Waals surface area contributed by atoms with Crippen molar-refractivity contribution in [2.45, 2.75) is 13.8 Å². The lowest BCUT2D eigenvalue weighted by Crippen LogP contribution is -2.20. The molecule has 6 nitrogen and oxygen atoms in total. The number of amides is 1. The zero-order valence-corrected chi connectivity index (χ0v) is 16.0. The second kappa shape index (κ2) is 10.1. The fourth-order valence-corrected chi connectivity index (χ4v) is 2.28. The molecule has 2 aromatic rings. The maximum Gasteiger partial charge on any atom is 0.331 e. The highest BCUT2D eigenvalue weighted by molar-refractivity contribution is 5.94. The summed E-state index contributed by atoms with van der Waals surface area (Å²) in [5, 5.41) is 2.46. The number of hydrogen-bond acceptors (Lipinski definition) is 5. The van der Waals surface area contributed by atoms with Crippen LogP contribution >= 0.6 is 0 Å². The van der Waals surface area contributed by atoms with Crippen molar-refractivity contribution in [2.75, 3.05) is 25.6 Å². The van der Waals surface area contributed by atoms with Crippen molar-refractivity contribution in [3.63, 3.8) is 0 Å². The quantitative estimate of drug-likeness (QED) is 0.552. The average Bonchev–Trinajstić information content (AvgIpc) is 2.68. The normalized spacial score (nSPS) is 10.6. The Balaban J connectivity index is 1.87. The van der Waals surface area contributed by atoms with Gasteiger partial charge in [0.1, 0.15) is 5.82 Å². The first kappa shape index (κ1) is 21.0. The summed E-state index contributed by atoms with van der Waals surface area (Å²) in [6.45, 7) is 3.52. The highest BCUT2D eigenvalue weighted by Gasteiger charge is 2.08. The summed E-state index contributed by atoms with van der Waals surface area (Å²) in [6.07, 6.45) is 2.74. The minimum Gasteiger partial charge on any atom is -0.493 e. The Morgan fingerprint density at radius 2 is 1.93 bits per heavy atom. The Bertz CT molecular complexity index is 879. The highest BCUT2D eigenvalue weighted by atomic mass is 19.1. The van der Waals surface area contributed by atoms with Crippen molar-refractivity contribution in [1.82, 2.24) is 0 Å². The zero-order chi connectivity index (χ0) is 20.5. The number of rotatable bonds is 8. The van der Waals surface area contributed by atoms with Crippen LogP contribution in [0.2, 0.25) is 0 Å². The predicted molar refractivity (Wildman–Crippen MR) is 104 cm³/mol. The summed E-state index contributed by atoms with van der Waals surface area (Å²) < 4.78 is 29.0. The lowest BCUT2D eigenvalue weighted by Gasteiger charge is -2.09. The minimum absolute atomic E-state index is 0.293. The number of esters is 1. The Morgan fingerprint density at radius 1 is 1.14 bits per heavy atom. The highest BCUT2D eigenvalue weighted by Crippen LogP contribution is 2.28. The number of benzene rings is 2. The number of halogens is 1. The fraction of sp³-hybridized carbons (Fsp3) is 0.238. The molecule has 0 radical (unpaired) electrons. The number of methoxy groups -OCH3 is 1. The Hall–Kier alpha value is -3.35. The van der Waals surface area contributed by atoms with Crippen molar-refractivity contribution in [2.24, 2.45) is 0 Å². The van der Waals surface area contributed by atoms with Crippen LogP contribution in [0.3, 0.4) is 0 Å². The average molecular weight is 387 g/mol. The van der Waals surface area contributed by atoms with Gasteiger partial charge < -0.3 is 19.5 Å². The minimum atomic E-state index is -0.682. The van der Waals surface area contributed by atoms with Gasteiger partial charge in [0.25, 0.3) is 5.91 Å². The second-order valence-electron chi connectivity index (χ2n) is 5.80. The number of carbonyl (C=O) groups excluding carboxylic acids is 2. The van der Waals surface area contributed by atoms with Crippen molar-refractivity contribution >= 4 is 23.6 Å². The van der Waals surface area contributed by atoms with E-state index in [1.165, 1.54) is 25.3 Å². The van der Waals surface area contributed by atoms with Crippen molar-refractivity contribution in [3.8, 4) is 11.5 Å². The molecular weight excluding hydrogens is 365 g/mol. The number of nitrogens with one attached hydrogen (secondary N) is 1. The molecule has 0 unspecified atom stereocenters. The van der Waals surface area contributed by atoms with E-state index < -0.39 is 24.3 Å². The van der Waals surface area contributed by atoms with Gasteiger partial charge in [0.05, 0.1) is 13.7 Å². The monoisotopic (exact) mass is 387 g/mol. The molecule has 0 aliphatic heterocycles. The SMILES string of the molecule is CCOc1ccc(/C=C/C(=O)OCC(=O)Nc2ccc(C)c(F)c2)cc1OC. The molecule has 0 heterocycles. The molecule has 0 bridgehead atoms. The molecular formula is C21H22FNO5. The van der Waals surface area contributed by atoms with Gasteiger partial charge in [-0.1, -0.05) is 12.1 Å². The van der Waals surface area contributed by atoms with Gasteiger partial charge >= 0.3 is 5.97 Å². The summed E-state index contributed by atoms with van der Waals surface area (Å²) in [5.41, 5.74) is 1.47. The van der Waals surface area contributed by atoms with E-state index in [0.717, 1.165) is 0 Å². The molecule has 0 aliphatic rings. The number of ether oxygens (including phenoxy) is 3. The van der Waals surface area contributed by atoms with Crippen LogP contribution in [-0.4, -0.2) is 32.2 Å². The largest absolute Gasteiger partial charge is 0.493 e. The van der Waals surface area contributed by atoms with Crippen LogP contribution in [0.1, 0.15) is 18.1 Å². The summed E-state index contributed by atoms with van der Waals surface area (Å²) in [4.78, 5) is 23.6. The molecule has 2 aromatic carbocycles. The van der Waals surface area contributed by atoms with E-state index in [2.05, 4.69) is 5.32 Å². The predicted octanol–water partition coefficient (Wildman–Crippen LogP) is 3.74. The molecule has 0 spiro atoms. The van der Waals surface area contributed by atoms with Gasteiger partial charge in [0, 0.05) is 11.8 Å². The van der Waals surface area contributed by atoms with Crippen LogP contribution in [0.4, 0.5) is 10.1 Å². The van der Waals surface area contributed by atoms with Crippen LogP contribution in [0.5, 0.6) is 11.5 Å². The molecule has 7 heteroatoms. The number of aryl methyl sites for hydroxylation is 1. The van der Waals surface area contributed by atoms with E-state index in [9.17, 15) is 14.0 Å². The first-order chi connectivity index (χ1) is 13.4. The second-order valence-corrected chi connectivity index (χ2v) is 5.80. The maximum absolute atomic E-state index is 13.5. The standard InChI is InChI=1S/C21H22FNO5/c1-4-27-18-9-6-15(11-19(18)26-3)7-10-21(25)28-13-20(24)23-16-8-5-14(2)17(22)12-16/h5-12H,4,13H2,1-3H3,(H,23,24)/b10-7+. The Labute approximate surface area is 162 Å². The van der Waals surface area contributed by atoms with E-state index in [4.69, 9.17) is 14.2 Å². The molecule has 2 rings (SSSR count). The van der Waals surface area contributed by atoms with Crippen LogP contribution in [0, 0.1) is 12.7 Å². The molecule has 0 atom stereocenters. The first-order valence-corrected chi connectivity index (χ1v) is 8.64. The van der Waals surface area contributed by atoms with Gasteiger partial charge in [0.2, 0.25) is 0 Å². The van der Waals surface area contributed by atoms with Gasteiger partial charge in [-0.2, -0.15) is 0 Å². The molecule has 28 heavy (non-hydrogen) atoms. The number of carbonyl (C=O) groups is 2. The van der Waals surface area contributed by atoms with Gasteiger partial charge in [-0.05, 0) is 55.3 Å². The lowest BCUT2D eigenvalue weighted by molar-refractivity contribution is -0.142. The van der Waals surface area contributed by atoms with Crippen LogP contribution in [-0.2, 0) is 14.3 Å². The Kier molecular flexibility index (Phi) is 7.56. The van der Waals surface area contributed by atoms with Gasteiger partial charge in [0.15, 0.2) is 18.1 Å². The third kappa shape index (κ3) is 6.12. The molecule has 0 fully saturated rings. The van der Waals surface area contributed by atoms with E-state index in [0.29, 0.717) is 34.9 Å². The maximum atomic E-state index is 13.5. The molecule has 1 N–H and O–H groups in total. The number of hydrogen-bond donors (Lipinski definition) is 1.